The minimum Gasteiger partial charge on any atom is -0.340 e. The van der Waals surface area contributed by atoms with Crippen LogP contribution in [0.25, 0.3) is 0 Å². The first-order valence-electron chi connectivity index (χ1n) is 7.49. The number of hydrogen-bond acceptors (Lipinski definition) is 5. The molecule has 0 unspecified atom stereocenters. The van der Waals surface area contributed by atoms with E-state index in [4.69, 9.17) is 0 Å². The summed E-state index contributed by atoms with van der Waals surface area (Å²) in [6.07, 6.45) is 0. The first kappa shape index (κ1) is 16.9. The van der Waals surface area contributed by atoms with Gasteiger partial charge in [-0.3, -0.25) is 14.5 Å². The fourth-order valence-electron chi connectivity index (χ4n) is 2.40. The van der Waals surface area contributed by atoms with Crippen molar-refractivity contribution in [3.8, 4) is 0 Å². The van der Waals surface area contributed by atoms with Crippen LogP contribution in [0, 0.1) is 5.41 Å². The number of rotatable bonds is 3. The zero-order chi connectivity index (χ0) is 16.3. The van der Waals surface area contributed by atoms with Crippen molar-refractivity contribution in [2.75, 3.05) is 31.5 Å². The summed E-state index contributed by atoms with van der Waals surface area (Å²) in [6, 6.07) is 0. The molecular formula is C15H24N4O2S. The van der Waals surface area contributed by atoms with Crippen molar-refractivity contribution in [1.29, 1.82) is 0 Å². The van der Waals surface area contributed by atoms with Crippen molar-refractivity contribution in [3.05, 3.63) is 11.1 Å². The Labute approximate surface area is 135 Å². The molecule has 1 aliphatic heterocycles. The maximum Gasteiger partial charge on any atom is 0.228 e. The molecule has 0 atom stereocenters. The van der Waals surface area contributed by atoms with Crippen LogP contribution in [0.3, 0.4) is 0 Å². The predicted molar refractivity (Wildman–Crippen MR) is 87.7 cm³/mol. The molecule has 22 heavy (non-hydrogen) atoms. The third-order valence-electron chi connectivity index (χ3n) is 3.52. The lowest BCUT2D eigenvalue weighted by Crippen LogP contribution is -2.51. The van der Waals surface area contributed by atoms with E-state index >= 15 is 0 Å². The van der Waals surface area contributed by atoms with Crippen molar-refractivity contribution < 1.29 is 9.59 Å². The van der Waals surface area contributed by atoms with Gasteiger partial charge in [-0.1, -0.05) is 20.8 Å². The van der Waals surface area contributed by atoms with Gasteiger partial charge in [-0.25, -0.2) is 4.98 Å². The molecule has 2 rings (SSSR count). The summed E-state index contributed by atoms with van der Waals surface area (Å²) in [5, 5.41) is 5.31. The monoisotopic (exact) mass is 324 g/mol. The van der Waals surface area contributed by atoms with E-state index in [1.165, 1.54) is 18.3 Å². The average Bonchev–Trinajstić information content (AvgIpc) is 2.84. The molecule has 1 saturated heterocycles. The van der Waals surface area contributed by atoms with E-state index in [2.05, 4.69) is 15.2 Å². The second-order valence-electron chi connectivity index (χ2n) is 6.64. The molecule has 2 heterocycles. The summed E-state index contributed by atoms with van der Waals surface area (Å²) in [6.45, 7) is 11.4. The molecule has 1 aromatic heterocycles. The van der Waals surface area contributed by atoms with Gasteiger partial charge in [-0.05, 0) is 0 Å². The Hall–Kier alpha value is -1.47. The number of piperazine rings is 1. The van der Waals surface area contributed by atoms with Gasteiger partial charge in [0.2, 0.25) is 11.8 Å². The molecule has 1 fully saturated rings. The lowest BCUT2D eigenvalue weighted by molar-refractivity contribution is -0.141. The van der Waals surface area contributed by atoms with Crippen molar-refractivity contribution in [2.24, 2.45) is 5.41 Å². The molecule has 1 aliphatic rings. The Kier molecular flexibility index (Phi) is 5.18. The highest BCUT2D eigenvalue weighted by molar-refractivity contribution is 7.13. The number of amides is 2. The summed E-state index contributed by atoms with van der Waals surface area (Å²) in [5.74, 6) is 0.115. The minimum absolute atomic E-state index is 0.102. The van der Waals surface area contributed by atoms with Crippen molar-refractivity contribution in [1.82, 2.24) is 14.8 Å². The van der Waals surface area contributed by atoms with Crippen LogP contribution in [-0.4, -0.2) is 52.8 Å². The number of carbonyl (C=O) groups excluding carboxylic acids is 2. The number of aromatic nitrogens is 1. The molecule has 0 radical (unpaired) electrons. The van der Waals surface area contributed by atoms with E-state index in [1.54, 1.807) is 0 Å². The summed E-state index contributed by atoms with van der Waals surface area (Å²) in [5.41, 5.74) is 0.647. The third-order valence-corrected chi connectivity index (χ3v) is 4.33. The number of anilines is 1. The fraction of sp³-hybridized carbons (Fsp3) is 0.667. The number of nitrogens with one attached hydrogen (secondary N) is 1. The van der Waals surface area contributed by atoms with Crippen LogP contribution in [0.2, 0.25) is 0 Å². The third kappa shape index (κ3) is 4.51. The minimum atomic E-state index is -0.315. The Bertz CT molecular complexity index is 542. The van der Waals surface area contributed by atoms with E-state index in [-0.39, 0.29) is 17.2 Å². The van der Waals surface area contributed by atoms with Gasteiger partial charge in [0.05, 0.1) is 5.69 Å². The topological polar surface area (TPSA) is 65.5 Å². The number of hydrogen-bond donors (Lipinski definition) is 1. The van der Waals surface area contributed by atoms with Gasteiger partial charge in [0.1, 0.15) is 0 Å². The normalized spacial score (nSPS) is 16.6. The average molecular weight is 324 g/mol. The highest BCUT2D eigenvalue weighted by atomic mass is 32.1. The molecular weight excluding hydrogens is 300 g/mol. The number of carbonyl (C=O) groups is 2. The van der Waals surface area contributed by atoms with Gasteiger partial charge < -0.3 is 10.2 Å². The molecule has 7 heteroatoms. The summed E-state index contributed by atoms with van der Waals surface area (Å²) in [4.78, 5) is 31.9. The molecule has 122 valence electrons. The second kappa shape index (κ2) is 6.75. The molecule has 0 spiro atoms. The largest absolute Gasteiger partial charge is 0.340 e. The van der Waals surface area contributed by atoms with Crippen molar-refractivity contribution >= 4 is 28.3 Å². The first-order chi connectivity index (χ1) is 10.3. The SMILES string of the molecule is CC(=O)Nc1nc(CN2CCN(C(=O)C(C)(C)C)CC2)cs1. The van der Waals surface area contributed by atoms with Crippen molar-refractivity contribution in [2.45, 2.75) is 34.2 Å². The van der Waals surface area contributed by atoms with Gasteiger partial charge in [0, 0.05) is 50.4 Å². The maximum absolute atomic E-state index is 12.2. The van der Waals surface area contributed by atoms with Crippen LogP contribution in [0.5, 0.6) is 0 Å². The smallest absolute Gasteiger partial charge is 0.228 e. The van der Waals surface area contributed by atoms with Gasteiger partial charge in [-0.15, -0.1) is 11.3 Å². The molecule has 0 bridgehead atoms. The van der Waals surface area contributed by atoms with Crippen LogP contribution >= 0.6 is 11.3 Å². The Morgan fingerprint density at radius 3 is 2.45 bits per heavy atom. The lowest BCUT2D eigenvalue weighted by atomic mass is 9.94. The predicted octanol–water partition coefficient (Wildman–Crippen LogP) is 1.79. The standard InChI is InChI=1S/C15H24N4O2S/c1-11(20)16-14-17-12(10-22-14)9-18-5-7-19(8-6-18)13(21)15(2,3)4/h10H,5-9H2,1-4H3,(H,16,17,20). The Balaban J connectivity index is 1.84. The van der Waals surface area contributed by atoms with Gasteiger partial charge in [-0.2, -0.15) is 0 Å². The van der Waals surface area contributed by atoms with Crippen molar-refractivity contribution in [3.63, 3.8) is 0 Å². The van der Waals surface area contributed by atoms with Gasteiger partial charge >= 0.3 is 0 Å². The zero-order valence-electron chi connectivity index (χ0n) is 13.7. The van der Waals surface area contributed by atoms with Crippen LogP contribution in [0.15, 0.2) is 5.38 Å². The molecule has 6 nitrogen and oxygen atoms in total. The zero-order valence-corrected chi connectivity index (χ0v) is 14.5. The van der Waals surface area contributed by atoms with Crippen LogP contribution in [-0.2, 0) is 16.1 Å². The van der Waals surface area contributed by atoms with E-state index in [0.29, 0.717) is 5.13 Å². The van der Waals surface area contributed by atoms with E-state index in [0.717, 1.165) is 38.4 Å². The van der Waals surface area contributed by atoms with E-state index in [1.807, 2.05) is 31.1 Å². The Morgan fingerprint density at radius 1 is 1.27 bits per heavy atom. The summed E-state index contributed by atoms with van der Waals surface area (Å²) >= 11 is 1.44. The summed E-state index contributed by atoms with van der Waals surface area (Å²) < 4.78 is 0. The lowest BCUT2D eigenvalue weighted by Gasteiger charge is -2.37. The summed E-state index contributed by atoms with van der Waals surface area (Å²) in [7, 11) is 0. The van der Waals surface area contributed by atoms with E-state index < -0.39 is 0 Å². The number of thiazole rings is 1. The Morgan fingerprint density at radius 2 is 1.91 bits per heavy atom. The molecule has 1 aromatic rings. The molecule has 1 N–H and O–H groups in total. The first-order valence-corrected chi connectivity index (χ1v) is 8.37. The van der Waals surface area contributed by atoms with Gasteiger partial charge in [0.25, 0.3) is 0 Å². The quantitative estimate of drug-likeness (QED) is 0.920. The maximum atomic E-state index is 12.2. The highest BCUT2D eigenvalue weighted by Gasteiger charge is 2.29. The highest BCUT2D eigenvalue weighted by Crippen LogP contribution is 2.20. The molecule has 0 aromatic carbocycles. The molecule has 0 saturated carbocycles. The molecule has 2 amide bonds. The molecule has 0 aliphatic carbocycles. The van der Waals surface area contributed by atoms with Crippen LogP contribution < -0.4 is 5.32 Å². The fourth-order valence-corrected chi connectivity index (χ4v) is 3.15. The second-order valence-corrected chi connectivity index (χ2v) is 7.50. The van der Waals surface area contributed by atoms with Gasteiger partial charge in [0.15, 0.2) is 5.13 Å². The van der Waals surface area contributed by atoms with Crippen LogP contribution in [0.1, 0.15) is 33.4 Å². The number of nitrogens with zero attached hydrogens (tertiary/aromatic N) is 3. The van der Waals surface area contributed by atoms with E-state index in [9.17, 15) is 9.59 Å². The van der Waals surface area contributed by atoms with Crippen LogP contribution in [0.4, 0.5) is 5.13 Å².